The van der Waals surface area contributed by atoms with Crippen LogP contribution in [0.4, 0.5) is 5.82 Å². The number of fused-ring (bicyclic) bond motifs is 1. The first kappa shape index (κ1) is 12.8. The molecular weight excluding hydrogens is 272 g/mol. The van der Waals surface area contributed by atoms with Crippen LogP contribution in [0.15, 0.2) is 34.2 Å². The molecule has 5 nitrogen and oxygen atoms in total. The van der Waals surface area contributed by atoms with Crippen LogP contribution in [0.5, 0.6) is 0 Å². The molecule has 0 saturated heterocycles. The number of hydrogen-bond donors (Lipinski definition) is 1. The number of aryl methyl sites for hydroxylation is 2. The molecule has 3 aromatic heterocycles. The smallest absolute Gasteiger partial charge is 0.158 e. The lowest BCUT2D eigenvalue weighted by Gasteiger charge is -2.03. The van der Waals surface area contributed by atoms with Gasteiger partial charge in [-0.1, -0.05) is 0 Å². The minimum atomic E-state index is 0.725. The second-order valence-corrected chi connectivity index (χ2v) is 5.68. The Hall–Kier alpha value is -2.21. The molecule has 0 atom stereocenters. The van der Waals surface area contributed by atoms with Crippen molar-refractivity contribution in [2.75, 3.05) is 5.43 Å². The molecule has 0 saturated carbocycles. The maximum Gasteiger partial charge on any atom is 0.158 e. The first-order valence-corrected chi connectivity index (χ1v) is 7.03. The lowest BCUT2D eigenvalue weighted by atomic mass is 10.2. The number of furan rings is 1. The van der Waals surface area contributed by atoms with Crippen molar-refractivity contribution in [3.05, 3.63) is 40.9 Å². The van der Waals surface area contributed by atoms with E-state index in [1.54, 1.807) is 23.9 Å². The van der Waals surface area contributed by atoms with Gasteiger partial charge < -0.3 is 4.42 Å². The van der Waals surface area contributed by atoms with Crippen LogP contribution in [-0.2, 0) is 0 Å². The van der Waals surface area contributed by atoms with E-state index in [1.165, 1.54) is 10.4 Å². The van der Waals surface area contributed by atoms with Gasteiger partial charge in [0.15, 0.2) is 5.82 Å². The van der Waals surface area contributed by atoms with Crippen molar-refractivity contribution in [3.8, 4) is 0 Å². The lowest BCUT2D eigenvalue weighted by molar-refractivity contribution is 0.557. The van der Waals surface area contributed by atoms with E-state index >= 15 is 0 Å². The average molecular weight is 286 g/mol. The van der Waals surface area contributed by atoms with Crippen LogP contribution in [-0.4, -0.2) is 15.7 Å². The Morgan fingerprint density at radius 2 is 2.20 bits per heavy atom. The topological polar surface area (TPSA) is 63.3 Å². The first-order chi connectivity index (χ1) is 9.66. The minimum absolute atomic E-state index is 0.725. The fraction of sp³-hybridized carbons (Fsp3) is 0.214. The van der Waals surface area contributed by atoms with E-state index in [-0.39, 0.29) is 0 Å². The maximum absolute atomic E-state index is 5.30. The third kappa shape index (κ3) is 2.18. The first-order valence-electron chi connectivity index (χ1n) is 6.21. The molecule has 0 bridgehead atoms. The average Bonchev–Trinajstić information content (AvgIpc) is 3.06. The highest BCUT2D eigenvalue weighted by atomic mass is 32.1. The number of nitrogens with zero attached hydrogens (tertiary/aromatic N) is 3. The second kappa shape index (κ2) is 5.05. The Morgan fingerprint density at radius 3 is 2.95 bits per heavy atom. The molecule has 0 aliphatic carbocycles. The van der Waals surface area contributed by atoms with E-state index in [2.05, 4.69) is 34.3 Å². The van der Waals surface area contributed by atoms with Crippen molar-refractivity contribution in [2.24, 2.45) is 5.10 Å². The summed E-state index contributed by atoms with van der Waals surface area (Å²) < 4.78 is 5.30. The molecule has 3 rings (SSSR count). The molecule has 0 radical (unpaired) electrons. The second-order valence-electron chi connectivity index (χ2n) is 4.47. The molecule has 0 amide bonds. The number of aromatic nitrogens is 2. The van der Waals surface area contributed by atoms with Crippen molar-refractivity contribution < 1.29 is 4.42 Å². The summed E-state index contributed by atoms with van der Waals surface area (Å²) >= 11 is 1.67. The molecule has 20 heavy (non-hydrogen) atoms. The van der Waals surface area contributed by atoms with Gasteiger partial charge in [0.2, 0.25) is 0 Å². The van der Waals surface area contributed by atoms with E-state index in [9.17, 15) is 0 Å². The highest BCUT2D eigenvalue weighted by Gasteiger charge is 2.11. The number of hydrazone groups is 1. The zero-order valence-electron chi connectivity index (χ0n) is 11.5. The third-order valence-electron chi connectivity index (χ3n) is 3.17. The largest absolute Gasteiger partial charge is 0.463 e. The van der Waals surface area contributed by atoms with Gasteiger partial charge in [0.1, 0.15) is 22.6 Å². The van der Waals surface area contributed by atoms with Gasteiger partial charge >= 0.3 is 0 Å². The lowest BCUT2D eigenvalue weighted by Crippen LogP contribution is -2.00. The number of anilines is 1. The number of hydrogen-bond acceptors (Lipinski definition) is 6. The zero-order valence-corrected chi connectivity index (χ0v) is 12.3. The molecule has 0 spiro atoms. The van der Waals surface area contributed by atoms with E-state index < -0.39 is 0 Å². The van der Waals surface area contributed by atoms with Gasteiger partial charge in [0, 0.05) is 4.88 Å². The summed E-state index contributed by atoms with van der Waals surface area (Å²) in [5, 5.41) is 5.36. The zero-order chi connectivity index (χ0) is 14.1. The van der Waals surface area contributed by atoms with Crippen LogP contribution in [0.2, 0.25) is 0 Å². The number of thiophene rings is 1. The van der Waals surface area contributed by atoms with E-state index in [0.29, 0.717) is 0 Å². The Balaban J connectivity index is 1.97. The van der Waals surface area contributed by atoms with Gasteiger partial charge in [-0.05, 0) is 38.5 Å². The monoisotopic (exact) mass is 286 g/mol. The highest BCUT2D eigenvalue weighted by Crippen LogP contribution is 2.32. The van der Waals surface area contributed by atoms with Crippen molar-refractivity contribution >= 4 is 33.1 Å². The quantitative estimate of drug-likeness (QED) is 0.588. The molecule has 6 heteroatoms. The van der Waals surface area contributed by atoms with Crippen molar-refractivity contribution in [3.63, 3.8) is 0 Å². The summed E-state index contributed by atoms with van der Waals surface area (Å²) in [7, 11) is 0. The van der Waals surface area contributed by atoms with E-state index in [0.717, 1.165) is 27.5 Å². The molecule has 0 aromatic carbocycles. The standard InChI is InChI=1S/C14H14N4OS/c1-8-10(3)20-14-12(8)13(15-7-16-14)18-17-9(2)11-5-4-6-19-11/h4-7H,1-3H3,(H,15,16,18)/b17-9+. The number of rotatable bonds is 3. The van der Waals surface area contributed by atoms with Gasteiger partial charge in [-0.25, -0.2) is 9.97 Å². The van der Waals surface area contributed by atoms with Gasteiger partial charge in [-0.3, -0.25) is 5.43 Å². The van der Waals surface area contributed by atoms with Crippen LogP contribution in [0.1, 0.15) is 23.1 Å². The molecule has 102 valence electrons. The van der Waals surface area contributed by atoms with Gasteiger partial charge in [-0.15, -0.1) is 11.3 Å². The van der Waals surface area contributed by atoms with Gasteiger partial charge in [0.25, 0.3) is 0 Å². The van der Waals surface area contributed by atoms with Crippen LogP contribution in [0, 0.1) is 13.8 Å². The normalized spacial score (nSPS) is 12.1. The fourth-order valence-corrected chi connectivity index (χ4v) is 2.94. The van der Waals surface area contributed by atoms with Crippen LogP contribution < -0.4 is 5.43 Å². The summed E-state index contributed by atoms with van der Waals surface area (Å²) in [4.78, 5) is 10.8. The third-order valence-corrected chi connectivity index (χ3v) is 4.29. The number of nitrogens with one attached hydrogen (secondary N) is 1. The summed E-state index contributed by atoms with van der Waals surface area (Å²) in [6, 6.07) is 3.71. The van der Waals surface area contributed by atoms with Crippen molar-refractivity contribution in [2.45, 2.75) is 20.8 Å². The van der Waals surface area contributed by atoms with Gasteiger partial charge in [-0.2, -0.15) is 5.10 Å². The summed E-state index contributed by atoms with van der Waals surface area (Å²) in [6.07, 6.45) is 3.18. The predicted octanol–water partition coefficient (Wildman–Crippen LogP) is 3.74. The molecule has 0 fully saturated rings. The molecular formula is C14H14N4OS. The van der Waals surface area contributed by atoms with Crippen molar-refractivity contribution in [1.29, 1.82) is 0 Å². The Kier molecular flexibility index (Phi) is 3.23. The SMILES string of the molecule is C/C(=N\Nc1ncnc2sc(C)c(C)c12)c1ccco1. The molecule has 1 N–H and O–H groups in total. The Bertz CT molecular complexity index is 774. The Morgan fingerprint density at radius 1 is 1.35 bits per heavy atom. The van der Waals surface area contributed by atoms with E-state index in [1.807, 2.05) is 19.1 Å². The summed E-state index contributed by atoms with van der Waals surface area (Å²) in [6.45, 7) is 6.05. The predicted molar refractivity (Wildman–Crippen MR) is 81.4 cm³/mol. The van der Waals surface area contributed by atoms with Crippen LogP contribution in [0.3, 0.4) is 0 Å². The molecule has 3 aromatic rings. The Labute approximate surface area is 120 Å². The molecule has 0 unspecified atom stereocenters. The molecule has 0 aliphatic rings. The minimum Gasteiger partial charge on any atom is -0.463 e. The molecule has 0 aliphatic heterocycles. The molecule has 3 heterocycles. The maximum atomic E-state index is 5.30. The fourth-order valence-electron chi connectivity index (χ4n) is 1.94. The van der Waals surface area contributed by atoms with Crippen LogP contribution >= 0.6 is 11.3 Å². The van der Waals surface area contributed by atoms with Crippen LogP contribution in [0.25, 0.3) is 10.2 Å². The summed E-state index contributed by atoms with van der Waals surface area (Å²) in [5.41, 5.74) is 4.98. The van der Waals surface area contributed by atoms with Crippen molar-refractivity contribution in [1.82, 2.24) is 9.97 Å². The summed E-state index contributed by atoms with van der Waals surface area (Å²) in [5.74, 6) is 1.46. The highest BCUT2D eigenvalue weighted by molar-refractivity contribution is 7.18. The van der Waals surface area contributed by atoms with E-state index in [4.69, 9.17) is 4.42 Å². The van der Waals surface area contributed by atoms with Gasteiger partial charge in [0.05, 0.1) is 11.6 Å².